The van der Waals surface area contributed by atoms with Crippen molar-refractivity contribution in [3.05, 3.63) is 71.3 Å². The van der Waals surface area contributed by atoms with E-state index in [9.17, 15) is 4.79 Å². The normalized spacial score (nSPS) is 12.6. The molecular formula is C22H28N2O. The van der Waals surface area contributed by atoms with E-state index < -0.39 is 0 Å². The molecule has 2 aromatic carbocycles. The summed E-state index contributed by atoms with van der Waals surface area (Å²) >= 11 is 0. The second-order valence-electron chi connectivity index (χ2n) is 6.80. The molecule has 1 unspecified atom stereocenters. The van der Waals surface area contributed by atoms with Crippen molar-refractivity contribution in [2.75, 3.05) is 25.5 Å². The average molecular weight is 336 g/mol. The molecule has 0 aromatic heterocycles. The van der Waals surface area contributed by atoms with E-state index in [1.807, 2.05) is 61.5 Å². The van der Waals surface area contributed by atoms with E-state index in [0.717, 1.165) is 28.9 Å². The highest BCUT2D eigenvalue weighted by Gasteiger charge is 2.23. The van der Waals surface area contributed by atoms with Crippen LogP contribution in [0.25, 0.3) is 6.08 Å². The third kappa shape index (κ3) is 5.04. The monoisotopic (exact) mass is 336 g/mol. The van der Waals surface area contributed by atoms with E-state index >= 15 is 0 Å². The molecule has 0 saturated carbocycles. The van der Waals surface area contributed by atoms with E-state index in [1.165, 1.54) is 0 Å². The lowest BCUT2D eigenvalue weighted by molar-refractivity contribution is -0.114. The Morgan fingerprint density at radius 1 is 1.00 bits per heavy atom. The Labute approximate surface area is 151 Å². The Hall–Kier alpha value is -2.39. The predicted molar refractivity (Wildman–Crippen MR) is 107 cm³/mol. The molecular weight excluding hydrogens is 308 g/mol. The van der Waals surface area contributed by atoms with Crippen LogP contribution in [0.5, 0.6) is 0 Å². The molecule has 0 fully saturated rings. The lowest BCUT2D eigenvalue weighted by Crippen LogP contribution is -2.44. The highest BCUT2D eigenvalue weighted by Crippen LogP contribution is 2.27. The zero-order valence-electron chi connectivity index (χ0n) is 15.9. The standard InChI is InChI=1S/C22H28N2O/c1-17-10-9-11-18(2)22(17)24(19(3)16-23(4)5)21(25)15-14-20-12-7-6-8-13-20/h6-15,19H,16H2,1-5H3/b15-14+. The summed E-state index contributed by atoms with van der Waals surface area (Å²) in [6, 6.07) is 16.1. The molecule has 0 radical (unpaired) electrons. The van der Waals surface area contributed by atoms with Gasteiger partial charge >= 0.3 is 0 Å². The molecule has 0 aliphatic carbocycles. The summed E-state index contributed by atoms with van der Waals surface area (Å²) in [6.07, 6.45) is 3.55. The van der Waals surface area contributed by atoms with Crippen LogP contribution in [0.15, 0.2) is 54.6 Å². The highest BCUT2D eigenvalue weighted by molar-refractivity contribution is 6.05. The molecule has 25 heavy (non-hydrogen) atoms. The molecule has 132 valence electrons. The van der Waals surface area contributed by atoms with Crippen molar-refractivity contribution < 1.29 is 4.79 Å². The SMILES string of the molecule is Cc1cccc(C)c1N(C(=O)/C=C/c1ccccc1)C(C)CN(C)C. The Balaban J connectivity index is 2.37. The van der Waals surface area contributed by atoms with Gasteiger partial charge in [-0.25, -0.2) is 0 Å². The maximum Gasteiger partial charge on any atom is 0.251 e. The van der Waals surface area contributed by atoms with Crippen molar-refractivity contribution in [1.29, 1.82) is 0 Å². The molecule has 0 bridgehead atoms. The average Bonchev–Trinajstić information content (AvgIpc) is 2.56. The molecule has 0 spiro atoms. The van der Waals surface area contributed by atoms with Gasteiger partial charge in [-0.1, -0.05) is 48.5 Å². The number of benzene rings is 2. The fraction of sp³-hybridized carbons (Fsp3) is 0.318. The number of likely N-dealkylation sites (N-methyl/N-ethyl adjacent to an activating group) is 1. The number of carbonyl (C=O) groups excluding carboxylic acids is 1. The molecule has 1 amide bonds. The number of aryl methyl sites for hydroxylation is 2. The summed E-state index contributed by atoms with van der Waals surface area (Å²) < 4.78 is 0. The van der Waals surface area contributed by atoms with Crippen molar-refractivity contribution in [3.63, 3.8) is 0 Å². The molecule has 0 N–H and O–H groups in total. The predicted octanol–water partition coefficient (Wildman–Crippen LogP) is 4.30. The van der Waals surface area contributed by atoms with Gasteiger partial charge in [0.1, 0.15) is 0 Å². The van der Waals surface area contributed by atoms with Crippen LogP contribution in [0.2, 0.25) is 0 Å². The van der Waals surface area contributed by atoms with Gasteiger partial charge < -0.3 is 9.80 Å². The Kier molecular flexibility index (Phi) is 6.54. The fourth-order valence-electron chi connectivity index (χ4n) is 3.16. The van der Waals surface area contributed by atoms with Crippen LogP contribution in [0.3, 0.4) is 0 Å². The largest absolute Gasteiger partial charge is 0.307 e. The second-order valence-corrected chi connectivity index (χ2v) is 6.80. The number of carbonyl (C=O) groups is 1. The summed E-state index contributed by atoms with van der Waals surface area (Å²) in [6.45, 7) is 7.02. The molecule has 3 nitrogen and oxygen atoms in total. The van der Waals surface area contributed by atoms with Gasteiger partial charge in [0, 0.05) is 18.7 Å². The third-order valence-corrected chi connectivity index (χ3v) is 4.21. The first-order valence-corrected chi connectivity index (χ1v) is 8.67. The summed E-state index contributed by atoms with van der Waals surface area (Å²) in [5.74, 6) is 0.00982. The number of anilines is 1. The molecule has 0 aliphatic heterocycles. The minimum atomic E-state index is 0.00982. The quantitative estimate of drug-likeness (QED) is 0.734. The Morgan fingerprint density at radius 3 is 2.16 bits per heavy atom. The van der Waals surface area contributed by atoms with Crippen LogP contribution >= 0.6 is 0 Å². The Morgan fingerprint density at radius 2 is 1.60 bits per heavy atom. The van der Waals surface area contributed by atoms with Crippen LogP contribution in [0.4, 0.5) is 5.69 Å². The number of nitrogens with zero attached hydrogens (tertiary/aromatic N) is 2. The summed E-state index contributed by atoms with van der Waals surface area (Å²) in [5.41, 5.74) is 4.27. The van der Waals surface area contributed by atoms with E-state index in [1.54, 1.807) is 6.08 Å². The van der Waals surface area contributed by atoms with Crippen molar-refractivity contribution in [3.8, 4) is 0 Å². The zero-order chi connectivity index (χ0) is 18.4. The van der Waals surface area contributed by atoms with Crippen molar-refractivity contribution in [1.82, 2.24) is 4.90 Å². The third-order valence-electron chi connectivity index (χ3n) is 4.21. The fourth-order valence-corrected chi connectivity index (χ4v) is 3.16. The molecule has 0 heterocycles. The smallest absolute Gasteiger partial charge is 0.251 e. The maximum absolute atomic E-state index is 13.1. The molecule has 2 rings (SSSR count). The van der Waals surface area contributed by atoms with Crippen LogP contribution in [-0.4, -0.2) is 37.5 Å². The van der Waals surface area contributed by atoms with Gasteiger partial charge in [-0.05, 0) is 57.6 Å². The lowest BCUT2D eigenvalue weighted by atomic mass is 10.1. The Bertz CT molecular complexity index is 715. The summed E-state index contributed by atoms with van der Waals surface area (Å²) in [5, 5.41) is 0. The topological polar surface area (TPSA) is 23.6 Å². The van der Waals surface area contributed by atoms with Gasteiger partial charge in [-0.15, -0.1) is 0 Å². The van der Waals surface area contributed by atoms with Gasteiger partial charge in [0.15, 0.2) is 0 Å². The minimum absolute atomic E-state index is 0.00982. The molecule has 3 heteroatoms. The van der Waals surface area contributed by atoms with Crippen LogP contribution < -0.4 is 4.90 Å². The van der Waals surface area contributed by atoms with Crippen LogP contribution in [-0.2, 0) is 4.79 Å². The first-order chi connectivity index (χ1) is 11.9. The summed E-state index contributed by atoms with van der Waals surface area (Å²) in [4.78, 5) is 17.1. The number of amides is 1. The van der Waals surface area contributed by atoms with Crippen molar-refractivity contribution in [2.45, 2.75) is 26.8 Å². The lowest BCUT2D eigenvalue weighted by Gasteiger charge is -2.32. The number of para-hydroxylation sites is 1. The van der Waals surface area contributed by atoms with Gasteiger partial charge in [0.25, 0.3) is 5.91 Å². The number of rotatable bonds is 6. The van der Waals surface area contributed by atoms with Gasteiger partial charge in [-0.2, -0.15) is 0 Å². The molecule has 0 aliphatic rings. The van der Waals surface area contributed by atoms with Crippen molar-refractivity contribution in [2.24, 2.45) is 0 Å². The van der Waals surface area contributed by atoms with E-state index in [-0.39, 0.29) is 11.9 Å². The van der Waals surface area contributed by atoms with Gasteiger partial charge in [0.05, 0.1) is 5.69 Å². The molecule has 0 saturated heterocycles. The summed E-state index contributed by atoms with van der Waals surface area (Å²) in [7, 11) is 4.06. The zero-order valence-corrected chi connectivity index (χ0v) is 15.9. The van der Waals surface area contributed by atoms with Crippen molar-refractivity contribution >= 4 is 17.7 Å². The van der Waals surface area contributed by atoms with Gasteiger partial charge in [0.2, 0.25) is 0 Å². The second kappa shape index (κ2) is 8.63. The maximum atomic E-state index is 13.1. The first kappa shape index (κ1) is 18.9. The minimum Gasteiger partial charge on any atom is -0.307 e. The number of hydrogen-bond acceptors (Lipinski definition) is 2. The molecule has 2 aromatic rings. The van der Waals surface area contributed by atoms with Gasteiger partial charge in [-0.3, -0.25) is 4.79 Å². The van der Waals surface area contributed by atoms with E-state index in [0.29, 0.717) is 0 Å². The van der Waals surface area contributed by atoms with E-state index in [4.69, 9.17) is 0 Å². The number of hydrogen-bond donors (Lipinski definition) is 0. The van der Waals surface area contributed by atoms with E-state index in [2.05, 4.69) is 37.8 Å². The molecule has 1 atom stereocenters. The highest BCUT2D eigenvalue weighted by atomic mass is 16.2. The van der Waals surface area contributed by atoms with Crippen LogP contribution in [0, 0.1) is 13.8 Å². The van der Waals surface area contributed by atoms with Crippen LogP contribution in [0.1, 0.15) is 23.6 Å². The first-order valence-electron chi connectivity index (χ1n) is 8.67.